The fourth-order valence-corrected chi connectivity index (χ4v) is 2.79. The van der Waals surface area contributed by atoms with Crippen LogP contribution in [0.3, 0.4) is 0 Å². The van der Waals surface area contributed by atoms with Gasteiger partial charge in [-0.1, -0.05) is 6.07 Å². The minimum atomic E-state index is -0.754. The number of rotatable bonds is 8. The van der Waals surface area contributed by atoms with E-state index in [4.69, 9.17) is 9.47 Å². The fraction of sp³-hybridized carbons (Fsp3) is 0.556. The first-order valence-corrected chi connectivity index (χ1v) is 8.03. The molecule has 0 unspecified atom stereocenters. The van der Waals surface area contributed by atoms with E-state index >= 15 is 0 Å². The number of nitrogens with one attached hydrogen (secondary N) is 1. The third-order valence-corrected chi connectivity index (χ3v) is 4.37. The quantitative estimate of drug-likeness (QED) is 0.788. The average Bonchev–Trinajstić information content (AvgIpc) is 3.40. The summed E-state index contributed by atoms with van der Waals surface area (Å²) in [5, 5.41) is 12.2. The summed E-state index contributed by atoms with van der Waals surface area (Å²) in [7, 11) is 5.08. The summed E-state index contributed by atoms with van der Waals surface area (Å²) in [6.45, 7) is 2.58. The van der Waals surface area contributed by atoms with Crippen LogP contribution < -0.4 is 14.8 Å². The van der Waals surface area contributed by atoms with Crippen molar-refractivity contribution in [3.63, 3.8) is 0 Å². The largest absolute Gasteiger partial charge is 0.497 e. The Labute approximate surface area is 143 Å². The van der Waals surface area contributed by atoms with Crippen molar-refractivity contribution in [1.82, 2.24) is 10.2 Å². The van der Waals surface area contributed by atoms with E-state index in [1.54, 1.807) is 21.1 Å². The number of benzene rings is 1. The summed E-state index contributed by atoms with van der Waals surface area (Å²) in [5.74, 6) is 1.59. The van der Waals surface area contributed by atoms with Crippen LogP contribution in [0.25, 0.3) is 0 Å². The zero-order valence-electron chi connectivity index (χ0n) is 14.8. The molecule has 0 saturated heterocycles. The summed E-state index contributed by atoms with van der Waals surface area (Å²) in [4.78, 5) is 14.1. The van der Waals surface area contributed by atoms with Crippen LogP contribution in [0.1, 0.15) is 25.3 Å². The number of ether oxygens (including phenoxy) is 2. The van der Waals surface area contributed by atoms with E-state index in [-0.39, 0.29) is 18.4 Å². The van der Waals surface area contributed by atoms with E-state index in [1.807, 2.05) is 30.1 Å². The van der Waals surface area contributed by atoms with E-state index in [1.165, 1.54) is 0 Å². The van der Waals surface area contributed by atoms with Gasteiger partial charge in [0.05, 0.1) is 26.8 Å². The highest BCUT2D eigenvalue weighted by atomic mass is 16.5. The van der Waals surface area contributed by atoms with E-state index in [0.717, 1.165) is 29.9 Å². The molecule has 0 aliphatic heterocycles. The molecule has 1 aliphatic carbocycles. The second kappa shape index (κ2) is 7.54. The Morgan fingerprint density at radius 1 is 1.42 bits per heavy atom. The maximum atomic E-state index is 12.3. The number of carbonyl (C=O) groups is 1. The molecule has 0 heterocycles. The molecule has 24 heavy (non-hydrogen) atoms. The smallest absolute Gasteiger partial charge is 0.235 e. The number of methoxy groups -OCH3 is 2. The predicted molar refractivity (Wildman–Crippen MR) is 90.8 cm³/mol. The van der Waals surface area contributed by atoms with Crippen molar-refractivity contribution in [2.45, 2.75) is 31.8 Å². The average molecular weight is 331 g/mol. The molecule has 1 aromatic carbocycles. The Morgan fingerprint density at radius 3 is 2.67 bits per heavy atom. The Hall–Kier alpha value is -2.26. The van der Waals surface area contributed by atoms with Crippen molar-refractivity contribution in [3.05, 3.63) is 23.8 Å². The lowest BCUT2D eigenvalue weighted by Gasteiger charge is -2.25. The van der Waals surface area contributed by atoms with Crippen LogP contribution in [0.5, 0.6) is 11.5 Å². The third-order valence-electron chi connectivity index (χ3n) is 4.37. The highest BCUT2D eigenvalue weighted by Gasteiger charge is 2.43. The lowest BCUT2D eigenvalue weighted by atomic mass is 9.98. The Balaban J connectivity index is 1.94. The molecule has 1 N–H and O–H groups in total. The summed E-state index contributed by atoms with van der Waals surface area (Å²) >= 11 is 0. The Kier molecular flexibility index (Phi) is 5.68. The van der Waals surface area contributed by atoms with Gasteiger partial charge in [0.15, 0.2) is 0 Å². The van der Waals surface area contributed by atoms with Gasteiger partial charge in [-0.05, 0) is 38.8 Å². The molecule has 130 valence electrons. The van der Waals surface area contributed by atoms with Gasteiger partial charge in [0, 0.05) is 18.2 Å². The summed E-state index contributed by atoms with van der Waals surface area (Å²) in [5.41, 5.74) is 0.217. The highest BCUT2D eigenvalue weighted by molar-refractivity contribution is 5.79. The van der Waals surface area contributed by atoms with Gasteiger partial charge in [0.2, 0.25) is 5.91 Å². The van der Waals surface area contributed by atoms with E-state index in [0.29, 0.717) is 6.54 Å². The monoisotopic (exact) mass is 331 g/mol. The Morgan fingerprint density at radius 2 is 2.12 bits per heavy atom. The second-order valence-electron chi connectivity index (χ2n) is 6.49. The number of hydrogen-bond donors (Lipinski definition) is 1. The molecule has 6 nitrogen and oxygen atoms in total. The molecule has 1 aromatic rings. The topological polar surface area (TPSA) is 74.6 Å². The third kappa shape index (κ3) is 4.39. The lowest BCUT2D eigenvalue weighted by Crippen LogP contribution is -2.49. The van der Waals surface area contributed by atoms with Gasteiger partial charge >= 0.3 is 0 Å². The maximum Gasteiger partial charge on any atom is 0.235 e. The van der Waals surface area contributed by atoms with Gasteiger partial charge in [-0.3, -0.25) is 9.69 Å². The van der Waals surface area contributed by atoms with Gasteiger partial charge in [-0.2, -0.15) is 5.26 Å². The van der Waals surface area contributed by atoms with Crippen LogP contribution in [-0.2, 0) is 11.3 Å². The number of carbonyl (C=O) groups excluding carboxylic acids is 1. The van der Waals surface area contributed by atoms with Crippen LogP contribution in [0.15, 0.2) is 18.2 Å². The van der Waals surface area contributed by atoms with Crippen molar-refractivity contribution in [3.8, 4) is 17.6 Å². The minimum Gasteiger partial charge on any atom is -0.497 e. The maximum absolute atomic E-state index is 12.3. The van der Waals surface area contributed by atoms with Gasteiger partial charge < -0.3 is 14.8 Å². The van der Waals surface area contributed by atoms with Crippen LogP contribution >= 0.6 is 0 Å². The molecule has 0 aromatic heterocycles. The molecule has 1 amide bonds. The first kappa shape index (κ1) is 18.1. The SMILES string of the molecule is COc1ccc(CN(C)CC(=O)N[C@](C)(C#N)C2CC2)c(OC)c1. The molecule has 1 aliphatic rings. The van der Waals surface area contributed by atoms with Gasteiger partial charge in [0.1, 0.15) is 17.0 Å². The lowest BCUT2D eigenvalue weighted by molar-refractivity contribution is -0.123. The van der Waals surface area contributed by atoms with Gasteiger partial charge in [-0.15, -0.1) is 0 Å². The molecule has 0 bridgehead atoms. The van der Waals surface area contributed by atoms with E-state index in [9.17, 15) is 10.1 Å². The van der Waals surface area contributed by atoms with E-state index < -0.39 is 5.54 Å². The van der Waals surface area contributed by atoms with Crippen LogP contribution in [0.2, 0.25) is 0 Å². The predicted octanol–water partition coefficient (Wildman–Crippen LogP) is 1.94. The molecule has 1 fully saturated rings. The van der Waals surface area contributed by atoms with E-state index in [2.05, 4.69) is 11.4 Å². The molecule has 0 radical (unpaired) electrons. The first-order chi connectivity index (χ1) is 11.4. The number of likely N-dealkylation sites (N-methyl/N-ethyl adjacent to an activating group) is 1. The highest BCUT2D eigenvalue weighted by Crippen LogP contribution is 2.39. The number of amides is 1. The van der Waals surface area contributed by atoms with Crippen LogP contribution in [-0.4, -0.2) is 44.2 Å². The fourth-order valence-electron chi connectivity index (χ4n) is 2.79. The summed E-state index contributed by atoms with van der Waals surface area (Å²) in [6, 6.07) is 7.86. The molecule has 2 rings (SSSR count). The zero-order chi connectivity index (χ0) is 17.7. The summed E-state index contributed by atoms with van der Waals surface area (Å²) in [6.07, 6.45) is 2.01. The zero-order valence-corrected chi connectivity index (χ0v) is 14.8. The minimum absolute atomic E-state index is 0.138. The van der Waals surface area contributed by atoms with Crippen molar-refractivity contribution < 1.29 is 14.3 Å². The second-order valence-corrected chi connectivity index (χ2v) is 6.49. The van der Waals surface area contributed by atoms with Crippen molar-refractivity contribution >= 4 is 5.91 Å². The molecular weight excluding hydrogens is 306 g/mol. The molecule has 1 atom stereocenters. The number of nitrogens with zero attached hydrogens (tertiary/aromatic N) is 2. The molecule has 6 heteroatoms. The molecular formula is C18H25N3O3. The van der Waals surface area contributed by atoms with Gasteiger partial charge in [-0.25, -0.2) is 0 Å². The van der Waals surface area contributed by atoms with Crippen molar-refractivity contribution in [2.24, 2.45) is 5.92 Å². The van der Waals surface area contributed by atoms with Gasteiger partial charge in [0.25, 0.3) is 0 Å². The normalized spacial score (nSPS) is 16.2. The number of nitriles is 1. The molecule has 1 saturated carbocycles. The number of hydrogen-bond acceptors (Lipinski definition) is 5. The summed E-state index contributed by atoms with van der Waals surface area (Å²) < 4.78 is 10.6. The van der Waals surface area contributed by atoms with Crippen LogP contribution in [0.4, 0.5) is 0 Å². The van der Waals surface area contributed by atoms with Crippen LogP contribution in [0, 0.1) is 17.2 Å². The first-order valence-electron chi connectivity index (χ1n) is 8.03. The van der Waals surface area contributed by atoms with Crippen molar-refractivity contribution in [1.29, 1.82) is 5.26 Å². The standard InChI is InChI=1S/C18H25N3O3/c1-18(12-19,14-6-7-14)20-17(22)11-21(2)10-13-5-8-15(23-3)9-16(13)24-4/h5,8-9,14H,6-7,10-11H2,1-4H3,(H,20,22)/t18-/m1/s1. The van der Waals surface area contributed by atoms with Crippen molar-refractivity contribution in [2.75, 3.05) is 27.8 Å². The Bertz CT molecular complexity index is 637. The molecule has 0 spiro atoms.